The predicted octanol–water partition coefficient (Wildman–Crippen LogP) is 1.23. The number of carbonyl (C=O) groups excluding carboxylic acids is 2. The second kappa shape index (κ2) is 6.44. The van der Waals surface area contributed by atoms with Crippen molar-refractivity contribution in [1.82, 2.24) is 19.9 Å². The molecule has 1 aromatic carbocycles. The van der Waals surface area contributed by atoms with Gasteiger partial charge < -0.3 is 19.1 Å². The number of ether oxygens (including phenoxy) is 1. The maximum atomic E-state index is 12.6. The van der Waals surface area contributed by atoms with Gasteiger partial charge in [0.25, 0.3) is 5.91 Å². The number of carbonyl (C=O) groups is 2. The van der Waals surface area contributed by atoms with Gasteiger partial charge in [-0.3, -0.25) is 9.59 Å². The molecule has 0 spiro atoms. The maximum Gasteiger partial charge on any atom is 0.254 e. The number of hydrogen-bond acceptors (Lipinski definition) is 6. The van der Waals surface area contributed by atoms with Crippen LogP contribution >= 0.6 is 0 Å². The van der Waals surface area contributed by atoms with Gasteiger partial charge in [-0.05, 0) is 25.1 Å². The van der Waals surface area contributed by atoms with E-state index in [4.69, 9.17) is 9.26 Å². The van der Waals surface area contributed by atoms with Crippen LogP contribution in [0.2, 0.25) is 0 Å². The fourth-order valence-electron chi connectivity index (χ4n) is 3.49. The molecule has 0 radical (unpaired) electrons. The lowest BCUT2D eigenvalue weighted by Gasteiger charge is -2.44. The Bertz CT molecular complexity index is 843. The van der Waals surface area contributed by atoms with E-state index in [-0.39, 0.29) is 23.8 Å². The molecule has 1 aromatic heterocycles. The summed E-state index contributed by atoms with van der Waals surface area (Å²) in [5, 5.41) is 3.79. The van der Waals surface area contributed by atoms with Gasteiger partial charge in [-0.15, -0.1) is 0 Å². The Balaban J connectivity index is 1.37. The molecule has 2 aliphatic heterocycles. The molecule has 2 fully saturated rings. The van der Waals surface area contributed by atoms with Crippen LogP contribution in [0, 0.1) is 6.92 Å². The fourth-order valence-corrected chi connectivity index (χ4v) is 3.49. The van der Waals surface area contributed by atoms with Gasteiger partial charge in [0.05, 0.1) is 19.1 Å². The first-order valence-corrected chi connectivity index (χ1v) is 8.58. The SMILES string of the molecule is COc1cccc(C(=O)N2CC(N3CC(c4nc(C)no4)CC3=O)C2)c1. The van der Waals surface area contributed by atoms with E-state index in [0.717, 1.165) is 0 Å². The maximum absolute atomic E-state index is 12.6. The molecular weight excluding hydrogens is 336 g/mol. The summed E-state index contributed by atoms with van der Waals surface area (Å²) < 4.78 is 10.4. The molecule has 2 amide bonds. The van der Waals surface area contributed by atoms with Crippen molar-refractivity contribution in [3.05, 3.63) is 41.5 Å². The third-order valence-corrected chi connectivity index (χ3v) is 4.96. The zero-order valence-electron chi connectivity index (χ0n) is 14.7. The lowest BCUT2D eigenvalue weighted by molar-refractivity contribution is -0.132. The zero-order valence-corrected chi connectivity index (χ0v) is 14.7. The Kier molecular flexibility index (Phi) is 4.10. The van der Waals surface area contributed by atoms with Gasteiger partial charge in [-0.1, -0.05) is 11.2 Å². The molecule has 136 valence electrons. The van der Waals surface area contributed by atoms with Crippen molar-refractivity contribution >= 4 is 11.8 Å². The first-order chi connectivity index (χ1) is 12.5. The Labute approximate surface area is 150 Å². The van der Waals surface area contributed by atoms with Crippen LogP contribution in [0.3, 0.4) is 0 Å². The molecule has 2 aromatic rings. The second-order valence-corrected chi connectivity index (χ2v) is 6.72. The number of likely N-dealkylation sites (tertiary alicyclic amines) is 2. The number of aromatic nitrogens is 2. The van der Waals surface area contributed by atoms with Crippen molar-refractivity contribution in [1.29, 1.82) is 0 Å². The molecule has 0 N–H and O–H groups in total. The molecule has 4 rings (SSSR count). The van der Waals surface area contributed by atoms with E-state index in [9.17, 15) is 9.59 Å². The van der Waals surface area contributed by atoms with E-state index in [2.05, 4.69) is 10.1 Å². The summed E-state index contributed by atoms with van der Waals surface area (Å²) in [6.45, 7) is 3.40. The molecule has 26 heavy (non-hydrogen) atoms. The number of hydrogen-bond donors (Lipinski definition) is 0. The van der Waals surface area contributed by atoms with Crippen LogP contribution in [0.25, 0.3) is 0 Å². The Morgan fingerprint density at radius 2 is 2.12 bits per heavy atom. The third-order valence-electron chi connectivity index (χ3n) is 4.96. The molecular formula is C18H20N4O4. The van der Waals surface area contributed by atoms with E-state index in [1.807, 2.05) is 4.90 Å². The van der Waals surface area contributed by atoms with Gasteiger partial charge in [-0.2, -0.15) is 4.98 Å². The minimum atomic E-state index is -0.0631. The number of methoxy groups -OCH3 is 1. The summed E-state index contributed by atoms with van der Waals surface area (Å²) in [6, 6.07) is 7.14. The first kappa shape index (κ1) is 16.6. The van der Waals surface area contributed by atoms with E-state index in [1.54, 1.807) is 43.2 Å². The average molecular weight is 356 g/mol. The summed E-state index contributed by atoms with van der Waals surface area (Å²) >= 11 is 0. The van der Waals surface area contributed by atoms with Gasteiger partial charge >= 0.3 is 0 Å². The molecule has 0 saturated carbocycles. The molecule has 2 saturated heterocycles. The van der Waals surface area contributed by atoms with Crippen molar-refractivity contribution in [2.75, 3.05) is 26.7 Å². The molecule has 1 atom stereocenters. The highest BCUT2D eigenvalue weighted by atomic mass is 16.5. The monoisotopic (exact) mass is 356 g/mol. The molecule has 2 aliphatic rings. The molecule has 0 bridgehead atoms. The van der Waals surface area contributed by atoms with Gasteiger partial charge in [-0.25, -0.2) is 0 Å². The second-order valence-electron chi connectivity index (χ2n) is 6.72. The van der Waals surface area contributed by atoms with Crippen LogP contribution in [-0.4, -0.2) is 64.5 Å². The Hall–Kier alpha value is -2.90. The zero-order chi connectivity index (χ0) is 18.3. The quantitative estimate of drug-likeness (QED) is 0.819. The largest absolute Gasteiger partial charge is 0.497 e. The van der Waals surface area contributed by atoms with E-state index < -0.39 is 0 Å². The summed E-state index contributed by atoms with van der Waals surface area (Å²) in [7, 11) is 1.57. The molecule has 3 heterocycles. The number of benzene rings is 1. The Morgan fingerprint density at radius 3 is 2.81 bits per heavy atom. The number of amides is 2. The fraction of sp³-hybridized carbons (Fsp3) is 0.444. The molecule has 1 unspecified atom stereocenters. The van der Waals surface area contributed by atoms with Gasteiger partial charge in [0.1, 0.15) is 5.75 Å². The van der Waals surface area contributed by atoms with Gasteiger partial charge in [0.2, 0.25) is 11.8 Å². The van der Waals surface area contributed by atoms with Crippen molar-refractivity contribution in [3.8, 4) is 5.75 Å². The van der Waals surface area contributed by atoms with Crippen LogP contribution in [0.1, 0.15) is 34.4 Å². The summed E-state index contributed by atoms with van der Waals surface area (Å²) in [4.78, 5) is 32.7. The minimum absolute atomic E-state index is 0.0455. The molecule has 8 heteroatoms. The lowest BCUT2D eigenvalue weighted by Crippen LogP contribution is -2.61. The smallest absolute Gasteiger partial charge is 0.254 e. The first-order valence-electron chi connectivity index (χ1n) is 8.58. The summed E-state index contributed by atoms with van der Waals surface area (Å²) in [5.74, 6) is 1.71. The van der Waals surface area contributed by atoms with Crippen LogP contribution in [-0.2, 0) is 4.79 Å². The standard InChI is InChI=1S/C18H20N4O4/c1-11-19-17(26-20-11)13-7-16(23)22(8-13)14-9-21(10-14)18(24)12-4-3-5-15(6-12)25-2/h3-6,13-14H,7-10H2,1-2H3. The van der Waals surface area contributed by atoms with Crippen LogP contribution in [0.4, 0.5) is 0 Å². The number of aryl methyl sites for hydroxylation is 1. The van der Waals surface area contributed by atoms with Crippen LogP contribution in [0.5, 0.6) is 5.75 Å². The summed E-state index contributed by atoms with van der Waals surface area (Å²) in [5.41, 5.74) is 0.592. The van der Waals surface area contributed by atoms with Gasteiger partial charge in [0, 0.05) is 31.6 Å². The average Bonchev–Trinajstić information content (AvgIpc) is 3.20. The van der Waals surface area contributed by atoms with Crippen molar-refractivity contribution in [3.63, 3.8) is 0 Å². The highest BCUT2D eigenvalue weighted by Crippen LogP contribution is 2.31. The van der Waals surface area contributed by atoms with Gasteiger partial charge in [0.15, 0.2) is 5.82 Å². The number of nitrogens with zero attached hydrogens (tertiary/aromatic N) is 4. The van der Waals surface area contributed by atoms with E-state index in [1.165, 1.54) is 0 Å². The number of rotatable bonds is 4. The topological polar surface area (TPSA) is 88.8 Å². The van der Waals surface area contributed by atoms with Crippen molar-refractivity contribution in [2.45, 2.75) is 25.3 Å². The Morgan fingerprint density at radius 1 is 1.31 bits per heavy atom. The van der Waals surface area contributed by atoms with E-state index in [0.29, 0.717) is 49.1 Å². The minimum Gasteiger partial charge on any atom is -0.497 e. The molecule has 0 aliphatic carbocycles. The van der Waals surface area contributed by atoms with Crippen molar-refractivity contribution < 1.29 is 18.8 Å². The van der Waals surface area contributed by atoms with Crippen LogP contribution in [0.15, 0.2) is 28.8 Å². The van der Waals surface area contributed by atoms with E-state index >= 15 is 0 Å². The molecule has 8 nitrogen and oxygen atoms in total. The third kappa shape index (κ3) is 2.91. The highest BCUT2D eigenvalue weighted by molar-refractivity contribution is 5.95. The highest BCUT2D eigenvalue weighted by Gasteiger charge is 2.43. The van der Waals surface area contributed by atoms with Crippen molar-refractivity contribution in [2.24, 2.45) is 0 Å². The predicted molar refractivity (Wildman–Crippen MR) is 90.8 cm³/mol. The normalized spacial score (nSPS) is 20.4. The lowest BCUT2D eigenvalue weighted by atomic mass is 10.0. The summed E-state index contributed by atoms with van der Waals surface area (Å²) in [6.07, 6.45) is 0.377. The van der Waals surface area contributed by atoms with Crippen LogP contribution < -0.4 is 4.74 Å².